The minimum atomic E-state index is 0.240. The van der Waals surface area contributed by atoms with Gasteiger partial charge < -0.3 is 26.3 Å². The number of nitrogens with one attached hydrogen (secondary N) is 1. The molecule has 0 atom stereocenters. The Balaban J connectivity index is 0.000000197. The van der Waals surface area contributed by atoms with Crippen molar-refractivity contribution in [2.75, 3.05) is 25.5 Å². The summed E-state index contributed by atoms with van der Waals surface area (Å²) < 4.78 is 5.52. The molecule has 5 heteroatoms. The van der Waals surface area contributed by atoms with E-state index in [1.165, 1.54) is 10.9 Å². The number of fused-ring (bicyclic) bond motifs is 3. The van der Waals surface area contributed by atoms with Crippen LogP contribution in [-0.4, -0.2) is 29.8 Å². The van der Waals surface area contributed by atoms with Crippen LogP contribution in [0.25, 0.3) is 21.8 Å². The van der Waals surface area contributed by atoms with Gasteiger partial charge in [-0.3, -0.25) is 0 Å². The van der Waals surface area contributed by atoms with E-state index >= 15 is 0 Å². The fraction of sp³-hybridized carbons (Fsp3) is 0.182. The van der Waals surface area contributed by atoms with Crippen molar-refractivity contribution in [2.24, 2.45) is 5.73 Å². The van der Waals surface area contributed by atoms with E-state index in [-0.39, 0.29) is 6.61 Å². The lowest BCUT2D eigenvalue weighted by atomic mass is 10.1. The Bertz CT molecular complexity index is 996. The maximum absolute atomic E-state index is 8.52. The van der Waals surface area contributed by atoms with Crippen LogP contribution in [-0.2, 0) is 6.42 Å². The Labute approximate surface area is 158 Å². The van der Waals surface area contributed by atoms with Crippen LogP contribution in [0.4, 0.5) is 5.69 Å². The third-order valence-corrected chi connectivity index (χ3v) is 4.26. The molecule has 0 aliphatic rings. The van der Waals surface area contributed by atoms with Crippen LogP contribution in [0.15, 0.2) is 66.7 Å². The molecular formula is C22H25N3O2. The fourth-order valence-corrected chi connectivity index (χ4v) is 2.96. The molecule has 0 spiro atoms. The number of nitrogen functional groups attached to an aromatic ring is 1. The Morgan fingerprint density at radius 2 is 1.63 bits per heavy atom. The molecule has 0 radical (unpaired) electrons. The number of aromatic amines is 1. The normalized spacial score (nSPS) is 10.6. The third kappa shape index (κ3) is 4.58. The molecule has 0 aliphatic carbocycles. The van der Waals surface area contributed by atoms with Gasteiger partial charge in [-0.15, -0.1) is 0 Å². The minimum absolute atomic E-state index is 0.240. The maximum atomic E-state index is 8.52. The minimum Gasteiger partial charge on any atom is -0.490 e. The van der Waals surface area contributed by atoms with Crippen molar-refractivity contribution in [2.45, 2.75) is 6.42 Å². The molecule has 6 N–H and O–H groups in total. The number of nitrogens with two attached hydrogens (primary N) is 2. The van der Waals surface area contributed by atoms with Gasteiger partial charge in [-0.25, -0.2) is 0 Å². The molecule has 4 aromatic rings. The molecule has 0 saturated carbocycles. The number of ether oxygens (including phenoxy) is 1. The molecule has 0 unspecified atom stereocenters. The molecule has 0 bridgehead atoms. The van der Waals surface area contributed by atoms with E-state index in [2.05, 4.69) is 11.1 Å². The average Bonchev–Trinajstić information content (AvgIpc) is 3.05. The summed E-state index contributed by atoms with van der Waals surface area (Å²) in [4.78, 5) is 3.36. The van der Waals surface area contributed by atoms with E-state index in [0.29, 0.717) is 24.6 Å². The van der Waals surface area contributed by atoms with Crippen molar-refractivity contribution < 1.29 is 9.84 Å². The number of aliphatic hydroxyl groups excluding tert-OH is 1. The second-order valence-electron chi connectivity index (χ2n) is 6.20. The van der Waals surface area contributed by atoms with Crippen molar-refractivity contribution in [3.8, 4) is 5.75 Å². The second kappa shape index (κ2) is 9.07. The highest BCUT2D eigenvalue weighted by atomic mass is 16.5. The van der Waals surface area contributed by atoms with Gasteiger partial charge in [0.1, 0.15) is 12.4 Å². The van der Waals surface area contributed by atoms with Gasteiger partial charge in [0.05, 0.1) is 11.2 Å². The zero-order valence-corrected chi connectivity index (χ0v) is 15.2. The van der Waals surface area contributed by atoms with E-state index in [4.69, 9.17) is 21.3 Å². The molecule has 0 fully saturated rings. The molecule has 3 aromatic carbocycles. The first-order valence-corrected chi connectivity index (χ1v) is 9.00. The van der Waals surface area contributed by atoms with Gasteiger partial charge in [0.15, 0.2) is 0 Å². The molecule has 27 heavy (non-hydrogen) atoms. The van der Waals surface area contributed by atoms with Crippen LogP contribution in [0.2, 0.25) is 0 Å². The van der Waals surface area contributed by atoms with Gasteiger partial charge in [-0.05, 0) is 24.1 Å². The maximum Gasteiger partial charge on any atom is 0.144 e. The van der Waals surface area contributed by atoms with E-state index in [9.17, 15) is 0 Å². The van der Waals surface area contributed by atoms with Gasteiger partial charge in [-0.1, -0.05) is 48.5 Å². The summed E-state index contributed by atoms with van der Waals surface area (Å²) in [6.45, 7) is 1.18. The molecule has 0 aliphatic heterocycles. The van der Waals surface area contributed by atoms with Gasteiger partial charge in [0, 0.05) is 35.5 Å². The highest BCUT2D eigenvalue weighted by Crippen LogP contribution is 2.32. The Morgan fingerprint density at radius 1 is 0.889 bits per heavy atom. The predicted molar refractivity (Wildman–Crippen MR) is 112 cm³/mol. The predicted octanol–water partition coefficient (Wildman–Crippen LogP) is 3.46. The fourth-order valence-electron chi connectivity index (χ4n) is 2.96. The van der Waals surface area contributed by atoms with Crippen molar-refractivity contribution in [1.29, 1.82) is 0 Å². The zero-order chi connectivity index (χ0) is 19.1. The molecule has 140 valence electrons. The number of rotatable bonds is 5. The first-order valence-electron chi connectivity index (χ1n) is 9.00. The number of H-pyrrole nitrogens is 1. The summed E-state index contributed by atoms with van der Waals surface area (Å²) in [5.41, 5.74) is 15.4. The zero-order valence-electron chi connectivity index (χ0n) is 15.2. The Hall–Kier alpha value is -3.02. The van der Waals surface area contributed by atoms with Crippen molar-refractivity contribution in [3.63, 3.8) is 0 Å². The summed E-state index contributed by atoms with van der Waals surface area (Å²) in [6, 6.07) is 22.0. The molecule has 1 aromatic heterocycles. The number of aromatic nitrogens is 1. The number of hydrogen-bond donors (Lipinski definition) is 4. The van der Waals surface area contributed by atoms with E-state index in [1.54, 1.807) is 0 Å². The molecule has 4 rings (SSSR count). The molecule has 0 amide bonds. The Morgan fingerprint density at radius 3 is 2.37 bits per heavy atom. The standard InChI is InChI=1S/C14H15N3O.C8H10O/c15-5-6-18-14-8-13-10(7-11(14)16)9-3-1-2-4-12(9)17-13;9-7-6-8-4-2-1-3-5-8/h1-4,7-8,17H,5-6,15-16H2;1-5,9H,6-7H2. The monoisotopic (exact) mass is 363 g/mol. The van der Waals surface area contributed by atoms with E-state index in [0.717, 1.165) is 22.8 Å². The van der Waals surface area contributed by atoms with Crippen LogP contribution >= 0.6 is 0 Å². The van der Waals surface area contributed by atoms with Gasteiger partial charge in [-0.2, -0.15) is 0 Å². The van der Waals surface area contributed by atoms with E-state index in [1.807, 2.05) is 60.7 Å². The lowest BCUT2D eigenvalue weighted by Crippen LogP contribution is -2.11. The average molecular weight is 363 g/mol. The van der Waals surface area contributed by atoms with Crippen molar-refractivity contribution >= 4 is 27.5 Å². The Kier molecular flexibility index (Phi) is 6.30. The highest BCUT2D eigenvalue weighted by Gasteiger charge is 2.08. The van der Waals surface area contributed by atoms with Crippen LogP contribution in [0.5, 0.6) is 5.75 Å². The number of anilines is 1. The summed E-state index contributed by atoms with van der Waals surface area (Å²) in [7, 11) is 0. The number of benzene rings is 3. The summed E-state index contributed by atoms with van der Waals surface area (Å²) in [5.74, 6) is 0.680. The summed E-state index contributed by atoms with van der Waals surface area (Å²) in [6.07, 6.45) is 0.765. The second-order valence-corrected chi connectivity index (χ2v) is 6.20. The molecule has 0 saturated heterocycles. The largest absolute Gasteiger partial charge is 0.490 e. The molecular weight excluding hydrogens is 338 g/mol. The third-order valence-electron chi connectivity index (χ3n) is 4.26. The van der Waals surface area contributed by atoms with Gasteiger partial charge in [0.2, 0.25) is 0 Å². The summed E-state index contributed by atoms with van der Waals surface area (Å²) in [5, 5.41) is 10.8. The summed E-state index contributed by atoms with van der Waals surface area (Å²) >= 11 is 0. The van der Waals surface area contributed by atoms with Gasteiger partial charge >= 0.3 is 0 Å². The van der Waals surface area contributed by atoms with Crippen LogP contribution < -0.4 is 16.2 Å². The van der Waals surface area contributed by atoms with Crippen LogP contribution in [0.1, 0.15) is 5.56 Å². The van der Waals surface area contributed by atoms with E-state index < -0.39 is 0 Å². The smallest absolute Gasteiger partial charge is 0.144 e. The lowest BCUT2D eigenvalue weighted by molar-refractivity contribution is 0.299. The number of aliphatic hydroxyl groups is 1. The topological polar surface area (TPSA) is 97.3 Å². The van der Waals surface area contributed by atoms with Crippen LogP contribution in [0, 0.1) is 0 Å². The first-order chi connectivity index (χ1) is 13.2. The molecule has 1 heterocycles. The van der Waals surface area contributed by atoms with Crippen molar-refractivity contribution in [1.82, 2.24) is 4.98 Å². The number of para-hydroxylation sites is 1. The SMILES string of the molecule is NCCOc1cc2[nH]c3ccccc3c2cc1N.OCCc1ccccc1. The lowest BCUT2D eigenvalue weighted by Gasteiger charge is -2.07. The quantitative estimate of drug-likeness (QED) is 0.408. The van der Waals surface area contributed by atoms with Crippen molar-refractivity contribution in [3.05, 3.63) is 72.3 Å². The first kappa shape index (κ1) is 18.8. The van der Waals surface area contributed by atoms with Crippen LogP contribution in [0.3, 0.4) is 0 Å². The molecule has 5 nitrogen and oxygen atoms in total. The highest BCUT2D eigenvalue weighted by molar-refractivity contribution is 6.08. The van der Waals surface area contributed by atoms with Gasteiger partial charge in [0.25, 0.3) is 0 Å². The number of hydrogen-bond acceptors (Lipinski definition) is 4.